The Labute approximate surface area is 165 Å². The average molecular weight is 385 g/mol. The van der Waals surface area contributed by atoms with Gasteiger partial charge in [-0.3, -0.25) is 4.79 Å². The van der Waals surface area contributed by atoms with Gasteiger partial charge in [0.05, 0.1) is 0 Å². The van der Waals surface area contributed by atoms with E-state index in [-0.39, 0.29) is 5.91 Å². The van der Waals surface area contributed by atoms with Gasteiger partial charge in [-0.25, -0.2) is 9.97 Å². The summed E-state index contributed by atoms with van der Waals surface area (Å²) >= 11 is 6.13. The number of hydrogen-bond acceptors (Lipinski definition) is 4. The first-order valence-corrected chi connectivity index (χ1v) is 9.78. The second-order valence-corrected chi connectivity index (χ2v) is 7.15. The summed E-state index contributed by atoms with van der Waals surface area (Å²) in [5.41, 5.74) is 2.74. The summed E-state index contributed by atoms with van der Waals surface area (Å²) in [5.74, 6) is 1.01. The number of hydrogen-bond donors (Lipinski definition) is 2. The van der Waals surface area contributed by atoms with Crippen LogP contribution in [0.1, 0.15) is 54.0 Å². The molecule has 1 aliphatic carbocycles. The zero-order valence-electron chi connectivity index (χ0n) is 15.6. The zero-order valence-corrected chi connectivity index (χ0v) is 16.4. The van der Waals surface area contributed by atoms with E-state index in [2.05, 4.69) is 26.7 Å². The number of aryl methyl sites for hydroxylation is 1. The lowest BCUT2D eigenvalue weighted by molar-refractivity contribution is 0.0945. The molecule has 27 heavy (non-hydrogen) atoms. The maximum absolute atomic E-state index is 12.5. The number of allylic oxidation sites excluding steroid dienone is 1. The van der Waals surface area contributed by atoms with Crippen molar-refractivity contribution in [2.24, 2.45) is 0 Å². The topological polar surface area (TPSA) is 66.9 Å². The highest BCUT2D eigenvalue weighted by molar-refractivity contribution is 6.31. The number of carbonyl (C=O) groups is 1. The van der Waals surface area contributed by atoms with E-state index in [1.807, 2.05) is 24.3 Å². The Morgan fingerprint density at radius 3 is 2.85 bits per heavy atom. The minimum Gasteiger partial charge on any atom is -0.370 e. The average Bonchev–Trinajstić information content (AvgIpc) is 2.67. The van der Waals surface area contributed by atoms with Crippen LogP contribution >= 0.6 is 11.6 Å². The summed E-state index contributed by atoms with van der Waals surface area (Å²) in [7, 11) is 0. The van der Waals surface area contributed by atoms with E-state index in [1.54, 1.807) is 13.0 Å². The number of aromatic nitrogens is 2. The van der Waals surface area contributed by atoms with Crippen molar-refractivity contribution in [2.45, 2.75) is 45.6 Å². The molecular formula is C21H25ClN4O. The normalized spacial score (nSPS) is 13.8. The van der Waals surface area contributed by atoms with Gasteiger partial charge in [-0.1, -0.05) is 41.4 Å². The van der Waals surface area contributed by atoms with E-state index in [0.29, 0.717) is 28.9 Å². The summed E-state index contributed by atoms with van der Waals surface area (Å²) in [4.78, 5) is 21.1. The van der Waals surface area contributed by atoms with Crippen molar-refractivity contribution < 1.29 is 4.79 Å². The first-order chi connectivity index (χ1) is 13.1. The number of anilines is 1. The first kappa shape index (κ1) is 19.4. The molecule has 0 unspecified atom stereocenters. The Bertz CT molecular complexity index is 835. The van der Waals surface area contributed by atoms with E-state index in [1.165, 1.54) is 31.3 Å². The van der Waals surface area contributed by atoms with Gasteiger partial charge < -0.3 is 10.6 Å². The molecule has 0 fully saturated rings. The molecule has 142 valence electrons. The molecule has 0 saturated heterocycles. The monoisotopic (exact) mass is 384 g/mol. The third kappa shape index (κ3) is 5.79. The van der Waals surface area contributed by atoms with Crippen LogP contribution in [0.25, 0.3) is 0 Å². The number of halogens is 1. The van der Waals surface area contributed by atoms with Gasteiger partial charge in [0.15, 0.2) is 0 Å². The molecule has 0 aliphatic heterocycles. The third-order valence-electron chi connectivity index (χ3n) is 4.61. The summed E-state index contributed by atoms with van der Waals surface area (Å²) < 4.78 is 0. The van der Waals surface area contributed by atoms with Crippen LogP contribution in [0.5, 0.6) is 0 Å². The maximum Gasteiger partial charge on any atom is 0.270 e. The lowest BCUT2D eigenvalue weighted by Gasteiger charge is -2.13. The fourth-order valence-corrected chi connectivity index (χ4v) is 3.37. The van der Waals surface area contributed by atoms with Crippen molar-refractivity contribution in [3.63, 3.8) is 0 Å². The standard InChI is InChI=1S/C21H25ClN4O/c1-15-25-19(21(27)24-14-17-9-5-6-10-18(17)22)13-20(26-15)23-12-11-16-7-3-2-4-8-16/h5-7,9-10,13H,2-4,8,11-12,14H2,1H3,(H,24,27)(H,23,25,26). The van der Waals surface area contributed by atoms with Crippen LogP contribution < -0.4 is 10.6 Å². The Balaban J connectivity index is 1.57. The molecule has 0 radical (unpaired) electrons. The molecule has 1 aliphatic rings. The van der Waals surface area contributed by atoms with Gasteiger partial charge in [-0.2, -0.15) is 0 Å². The maximum atomic E-state index is 12.5. The molecule has 6 heteroatoms. The Morgan fingerprint density at radius 2 is 2.07 bits per heavy atom. The molecular weight excluding hydrogens is 360 g/mol. The Hall–Kier alpha value is -2.40. The Morgan fingerprint density at radius 1 is 1.22 bits per heavy atom. The fourth-order valence-electron chi connectivity index (χ4n) is 3.17. The highest BCUT2D eigenvalue weighted by Crippen LogP contribution is 2.20. The molecule has 2 N–H and O–H groups in total. The SMILES string of the molecule is Cc1nc(NCCC2=CCCCC2)cc(C(=O)NCc2ccccc2Cl)n1. The number of amides is 1. The summed E-state index contributed by atoms with van der Waals surface area (Å²) in [5, 5.41) is 6.82. The minimum atomic E-state index is -0.238. The van der Waals surface area contributed by atoms with Gasteiger partial charge in [0.2, 0.25) is 0 Å². The van der Waals surface area contributed by atoms with Crippen molar-refractivity contribution >= 4 is 23.3 Å². The smallest absolute Gasteiger partial charge is 0.270 e. The number of rotatable bonds is 7. The molecule has 0 saturated carbocycles. The summed E-state index contributed by atoms with van der Waals surface area (Å²) in [6, 6.07) is 9.15. The van der Waals surface area contributed by atoms with Crippen molar-refractivity contribution in [2.75, 3.05) is 11.9 Å². The van der Waals surface area contributed by atoms with Gasteiger partial charge in [-0.15, -0.1) is 0 Å². The van der Waals surface area contributed by atoms with E-state index < -0.39 is 0 Å². The molecule has 2 aromatic rings. The lowest BCUT2D eigenvalue weighted by Crippen LogP contribution is -2.24. The van der Waals surface area contributed by atoms with Gasteiger partial charge in [0.25, 0.3) is 5.91 Å². The molecule has 0 atom stereocenters. The van der Waals surface area contributed by atoms with Crippen LogP contribution in [0, 0.1) is 6.92 Å². The third-order valence-corrected chi connectivity index (χ3v) is 4.97. The van der Waals surface area contributed by atoms with Crippen molar-refractivity contribution in [3.05, 3.63) is 64.1 Å². The minimum absolute atomic E-state index is 0.238. The largest absolute Gasteiger partial charge is 0.370 e. The quantitative estimate of drug-likeness (QED) is 0.680. The molecule has 1 aromatic carbocycles. The molecule has 0 bridgehead atoms. The predicted molar refractivity (Wildman–Crippen MR) is 109 cm³/mol. The second-order valence-electron chi connectivity index (χ2n) is 6.74. The molecule has 1 aromatic heterocycles. The predicted octanol–water partition coefficient (Wildman–Crippen LogP) is 4.67. The number of nitrogens with one attached hydrogen (secondary N) is 2. The molecule has 0 spiro atoms. The first-order valence-electron chi connectivity index (χ1n) is 9.41. The summed E-state index contributed by atoms with van der Waals surface area (Å²) in [6.45, 7) is 2.96. The van der Waals surface area contributed by atoms with Gasteiger partial charge in [-0.05, 0) is 50.7 Å². The van der Waals surface area contributed by atoms with E-state index in [4.69, 9.17) is 11.6 Å². The van der Waals surface area contributed by atoms with Gasteiger partial charge in [0, 0.05) is 24.2 Å². The summed E-state index contributed by atoms with van der Waals surface area (Å²) in [6.07, 6.45) is 8.34. The van der Waals surface area contributed by atoms with Gasteiger partial charge >= 0.3 is 0 Å². The molecule has 1 amide bonds. The van der Waals surface area contributed by atoms with Crippen LogP contribution in [-0.4, -0.2) is 22.4 Å². The van der Waals surface area contributed by atoms with E-state index in [0.717, 1.165) is 18.5 Å². The van der Waals surface area contributed by atoms with Crippen LogP contribution in [-0.2, 0) is 6.54 Å². The van der Waals surface area contributed by atoms with E-state index in [9.17, 15) is 4.79 Å². The van der Waals surface area contributed by atoms with Crippen molar-refractivity contribution in [1.29, 1.82) is 0 Å². The molecule has 3 rings (SSSR count). The Kier molecular flexibility index (Phi) is 6.82. The highest BCUT2D eigenvalue weighted by Gasteiger charge is 2.11. The lowest BCUT2D eigenvalue weighted by atomic mass is 9.97. The van der Waals surface area contributed by atoms with Gasteiger partial charge in [0.1, 0.15) is 17.3 Å². The van der Waals surface area contributed by atoms with E-state index >= 15 is 0 Å². The number of benzene rings is 1. The van der Waals surface area contributed by atoms with Crippen molar-refractivity contribution in [3.8, 4) is 0 Å². The van der Waals surface area contributed by atoms with Crippen LogP contribution in [0.2, 0.25) is 5.02 Å². The van der Waals surface area contributed by atoms with Crippen LogP contribution in [0.4, 0.5) is 5.82 Å². The van der Waals surface area contributed by atoms with Crippen LogP contribution in [0.15, 0.2) is 42.0 Å². The van der Waals surface area contributed by atoms with Crippen molar-refractivity contribution in [1.82, 2.24) is 15.3 Å². The molecule has 5 nitrogen and oxygen atoms in total. The van der Waals surface area contributed by atoms with Crippen LogP contribution in [0.3, 0.4) is 0 Å². The number of nitrogens with zero attached hydrogens (tertiary/aromatic N) is 2. The zero-order chi connectivity index (χ0) is 19.1. The fraction of sp³-hybridized carbons (Fsp3) is 0.381. The second kappa shape index (κ2) is 9.51. The highest BCUT2D eigenvalue weighted by atomic mass is 35.5. The number of carbonyl (C=O) groups excluding carboxylic acids is 1. The molecule has 1 heterocycles.